The van der Waals surface area contributed by atoms with Gasteiger partial charge in [-0.1, -0.05) is 12.1 Å². The highest BCUT2D eigenvalue weighted by Gasteiger charge is 2.46. The number of nitrogens with two attached hydrogens (primary N) is 1. The highest BCUT2D eigenvalue weighted by molar-refractivity contribution is 5.68. The molecule has 0 aliphatic carbocycles. The van der Waals surface area contributed by atoms with Gasteiger partial charge in [0.05, 0.1) is 32.2 Å². The van der Waals surface area contributed by atoms with Crippen LogP contribution < -0.4 is 10.5 Å². The summed E-state index contributed by atoms with van der Waals surface area (Å²) >= 11 is 0. The Morgan fingerprint density at radius 1 is 1.50 bits per heavy atom. The van der Waals surface area contributed by atoms with Crippen molar-refractivity contribution in [2.24, 2.45) is 5.73 Å². The van der Waals surface area contributed by atoms with Crippen LogP contribution in [0, 0.1) is 0 Å². The first-order chi connectivity index (χ1) is 8.58. The Hall–Kier alpha value is -1.59. The largest absolute Gasteiger partial charge is 0.497 e. The zero-order valence-electron chi connectivity index (χ0n) is 10.3. The third kappa shape index (κ3) is 2.19. The van der Waals surface area contributed by atoms with Gasteiger partial charge in [-0.15, -0.1) is 0 Å². The summed E-state index contributed by atoms with van der Waals surface area (Å²) in [5.41, 5.74) is 6.64. The maximum atomic E-state index is 10.8. The van der Waals surface area contributed by atoms with Gasteiger partial charge in [-0.05, 0) is 17.7 Å². The van der Waals surface area contributed by atoms with Crippen LogP contribution in [0.4, 0.5) is 0 Å². The normalized spacial score (nSPS) is 18.8. The number of hydrogen-bond acceptors (Lipinski definition) is 4. The predicted octanol–water partition coefficient (Wildman–Crippen LogP) is 0.765. The zero-order chi connectivity index (χ0) is 13.2. The van der Waals surface area contributed by atoms with Crippen LogP contribution in [-0.4, -0.2) is 37.4 Å². The van der Waals surface area contributed by atoms with Crippen LogP contribution in [-0.2, 0) is 14.9 Å². The molecule has 1 saturated heterocycles. The number of rotatable bonds is 5. The van der Waals surface area contributed by atoms with Crippen LogP contribution in [0.5, 0.6) is 5.75 Å². The lowest BCUT2D eigenvalue weighted by atomic mass is 9.71. The predicted molar refractivity (Wildman–Crippen MR) is 65.7 cm³/mol. The van der Waals surface area contributed by atoms with Crippen molar-refractivity contribution in [3.05, 3.63) is 29.8 Å². The molecule has 1 aliphatic rings. The molecule has 0 bridgehead atoms. The van der Waals surface area contributed by atoms with E-state index in [1.165, 1.54) is 0 Å². The average Bonchev–Trinajstić information content (AvgIpc) is 2.27. The Morgan fingerprint density at radius 2 is 2.11 bits per heavy atom. The standard InChI is InChI=1S/C13H17NO4/c1-17-10-4-2-9(3-5-10)13(7-18-8-13)11(14)6-12(15)16/h2-5,11H,6-8,14H2,1H3,(H,15,16). The van der Waals surface area contributed by atoms with Crippen LogP contribution in [0.15, 0.2) is 24.3 Å². The van der Waals surface area contributed by atoms with Gasteiger partial charge in [0.1, 0.15) is 5.75 Å². The van der Waals surface area contributed by atoms with E-state index in [1.807, 2.05) is 24.3 Å². The topological polar surface area (TPSA) is 81.8 Å². The van der Waals surface area contributed by atoms with Gasteiger partial charge in [0, 0.05) is 6.04 Å². The van der Waals surface area contributed by atoms with E-state index >= 15 is 0 Å². The van der Waals surface area contributed by atoms with Crippen LogP contribution >= 0.6 is 0 Å². The van der Waals surface area contributed by atoms with E-state index in [0.29, 0.717) is 13.2 Å². The van der Waals surface area contributed by atoms with E-state index in [9.17, 15) is 4.79 Å². The van der Waals surface area contributed by atoms with Crippen molar-refractivity contribution in [3.8, 4) is 5.75 Å². The molecule has 2 rings (SSSR count). The highest BCUT2D eigenvalue weighted by atomic mass is 16.5. The van der Waals surface area contributed by atoms with E-state index in [4.69, 9.17) is 20.3 Å². The summed E-state index contributed by atoms with van der Waals surface area (Å²) in [4.78, 5) is 10.8. The van der Waals surface area contributed by atoms with Gasteiger partial charge >= 0.3 is 5.97 Å². The smallest absolute Gasteiger partial charge is 0.304 e. The van der Waals surface area contributed by atoms with Crippen molar-refractivity contribution in [3.63, 3.8) is 0 Å². The van der Waals surface area contributed by atoms with E-state index < -0.39 is 12.0 Å². The molecule has 1 fully saturated rings. The first-order valence-electron chi connectivity index (χ1n) is 5.78. The molecule has 0 saturated carbocycles. The fourth-order valence-corrected chi connectivity index (χ4v) is 2.22. The molecule has 5 heteroatoms. The minimum atomic E-state index is -0.887. The molecule has 0 amide bonds. The average molecular weight is 251 g/mol. The van der Waals surface area contributed by atoms with Crippen molar-refractivity contribution in [1.82, 2.24) is 0 Å². The van der Waals surface area contributed by atoms with Crippen molar-refractivity contribution in [1.29, 1.82) is 0 Å². The number of carbonyl (C=O) groups is 1. The van der Waals surface area contributed by atoms with Gasteiger partial charge in [-0.2, -0.15) is 0 Å². The first kappa shape index (κ1) is 12.9. The van der Waals surface area contributed by atoms with Gasteiger partial charge in [0.25, 0.3) is 0 Å². The van der Waals surface area contributed by atoms with Crippen molar-refractivity contribution >= 4 is 5.97 Å². The molecule has 0 spiro atoms. The van der Waals surface area contributed by atoms with Gasteiger partial charge in [-0.25, -0.2) is 0 Å². The molecule has 1 aromatic carbocycles. The maximum Gasteiger partial charge on any atom is 0.304 e. The van der Waals surface area contributed by atoms with Crippen molar-refractivity contribution < 1.29 is 19.4 Å². The summed E-state index contributed by atoms with van der Waals surface area (Å²) in [6.07, 6.45) is -0.0601. The zero-order valence-corrected chi connectivity index (χ0v) is 10.3. The van der Waals surface area contributed by atoms with E-state index in [0.717, 1.165) is 11.3 Å². The Kier molecular flexibility index (Phi) is 3.54. The number of methoxy groups -OCH3 is 1. The van der Waals surface area contributed by atoms with Crippen molar-refractivity contribution in [2.45, 2.75) is 17.9 Å². The van der Waals surface area contributed by atoms with Gasteiger partial charge < -0.3 is 20.3 Å². The summed E-state index contributed by atoms with van der Waals surface area (Å²) in [7, 11) is 1.60. The first-order valence-corrected chi connectivity index (χ1v) is 5.78. The lowest BCUT2D eigenvalue weighted by molar-refractivity contribution is -0.140. The second-order valence-corrected chi connectivity index (χ2v) is 4.58. The van der Waals surface area contributed by atoms with Crippen molar-refractivity contribution in [2.75, 3.05) is 20.3 Å². The Morgan fingerprint density at radius 3 is 2.50 bits per heavy atom. The molecular weight excluding hydrogens is 234 g/mol. The molecule has 5 nitrogen and oxygen atoms in total. The second kappa shape index (κ2) is 4.96. The molecule has 18 heavy (non-hydrogen) atoms. The molecule has 0 aromatic heterocycles. The summed E-state index contributed by atoms with van der Waals surface area (Å²) in [5.74, 6) is -0.122. The van der Waals surface area contributed by atoms with E-state index in [-0.39, 0.29) is 11.8 Å². The summed E-state index contributed by atoms with van der Waals surface area (Å²) in [5, 5.41) is 8.86. The molecular formula is C13H17NO4. The van der Waals surface area contributed by atoms with Crippen LogP contribution in [0.3, 0.4) is 0 Å². The highest BCUT2D eigenvalue weighted by Crippen LogP contribution is 2.36. The summed E-state index contributed by atoms with van der Waals surface area (Å²) in [6, 6.07) is 7.09. The Bertz CT molecular complexity index is 425. The molecule has 1 atom stereocenters. The third-order valence-corrected chi connectivity index (χ3v) is 3.49. The fourth-order valence-electron chi connectivity index (χ4n) is 2.22. The molecule has 0 radical (unpaired) electrons. The van der Waals surface area contributed by atoms with Gasteiger partial charge in [0.2, 0.25) is 0 Å². The monoisotopic (exact) mass is 251 g/mol. The molecule has 1 heterocycles. The quantitative estimate of drug-likeness (QED) is 0.807. The number of carboxylic acid groups (broad SMARTS) is 1. The minimum absolute atomic E-state index is 0.0601. The Labute approximate surface area is 106 Å². The minimum Gasteiger partial charge on any atom is -0.497 e. The van der Waals surface area contributed by atoms with Crippen LogP contribution in [0.2, 0.25) is 0 Å². The fraction of sp³-hybridized carbons (Fsp3) is 0.462. The SMILES string of the molecule is COc1ccc(C2(C(N)CC(=O)O)COC2)cc1. The Balaban J connectivity index is 2.22. The van der Waals surface area contributed by atoms with Crippen LogP contribution in [0.1, 0.15) is 12.0 Å². The van der Waals surface area contributed by atoms with Crippen LogP contribution in [0.25, 0.3) is 0 Å². The van der Waals surface area contributed by atoms with Gasteiger partial charge in [0.15, 0.2) is 0 Å². The molecule has 1 aromatic rings. The number of benzene rings is 1. The molecule has 1 unspecified atom stereocenters. The maximum absolute atomic E-state index is 10.8. The molecule has 1 aliphatic heterocycles. The number of ether oxygens (including phenoxy) is 2. The van der Waals surface area contributed by atoms with Gasteiger partial charge in [-0.3, -0.25) is 4.79 Å². The number of carboxylic acids is 1. The lowest BCUT2D eigenvalue weighted by Crippen LogP contribution is -2.59. The third-order valence-electron chi connectivity index (χ3n) is 3.49. The molecule has 98 valence electrons. The lowest BCUT2D eigenvalue weighted by Gasteiger charge is -2.45. The second-order valence-electron chi connectivity index (χ2n) is 4.58. The number of hydrogen-bond donors (Lipinski definition) is 2. The summed E-state index contributed by atoms with van der Waals surface area (Å²) in [6.45, 7) is 0.932. The summed E-state index contributed by atoms with van der Waals surface area (Å²) < 4.78 is 10.3. The van der Waals surface area contributed by atoms with E-state index in [1.54, 1.807) is 7.11 Å². The number of aliphatic carboxylic acids is 1. The molecule has 3 N–H and O–H groups in total. The van der Waals surface area contributed by atoms with E-state index in [2.05, 4.69) is 0 Å².